The molecule has 3 unspecified atom stereocenters. The summed E-state index contributed by atoms with van der Waals surface area (Å²) in [7, 11) is -3.24. The molecule has 1 saturated carbocycles. The normalized spacial score (nSPS) is 34.3. The van der Waals surface area contributed by atoms with Crippen LogP contribution in [0.25, 0.3) is 0 Å². The third kappa shape index (κ3) is 3.55. The van der Waals surface area contributed by atoms with Gasteiger partial charge in [-0.05, 0) is 19.3 Å². The van der Waals surface area contributed by atoms with Gasteiger partial charge < -0.3 is 20.7 Å². The smallest absolute Gasteiger partial charge is 0.404 e. The van der Waals surface area contributed by atoms with Crippen LogP contribution in [0.1, 0.15) is 19.3 Å². The molecular formula is C9H17NO6S. The molecule has 4 N–H and O–H groups in total. The minimum atomic E-state index is -3.24. The maximum atomic E-state index is 11.3. The predicted molar refractivity (Wildman–Crippen MR) is 59.0 cm³/mol. The van der Waals surface area contributed by atoms with Gasteiger partial charge in [-0.15, -0.1) is 0 Å². The average Bonchev–Trinajstić information content (AvgIpc) is 2.18. The minimum Gasteiger partial charge on any atom is -0.447 e. The third-order valence-electron chi connectivity index (χ3n) is 3.08. The zero-order chi connectivity index (χ0) is 13.3. The fourth-order valence-corrected chi connectivity index (χ4v) is 2.99. The van der Waals surface area contributed by atoms with Crippen LogP contribution in [0.5, 0.6) is 0 Å². The van der Waals surface area contributed by atoms with Gasteiger partial charge in [0, 0.05) is 6.26 Å². The van der Waals surface area contributed by atoms with Gasteiger partial charge in [0.25, 0.3) is 0 Å². The zero-order valence-electron chi connectivity index (χ0n) is 9.50. The third-order valence-corrected chi connectivity index (χ3v) is 4.71. The molecule has 1 aliphatic carbocycles. The summed E-state index contributed by atoms with van der Waals surface area (Å²) in [6.45, 7) is -0.431. The number of hydrogen-bond donors (Lipinski definition) is 3. The van der Waals surface area contributed by atoms with Gasteiger partial charge in [-0.25, -0.2) is 13.2 Å². The highest BCUT2D eigenvalue weighted by Gasteiger charge is 2.44. The molecule has 100 valence electrons. The van der Waals surface area contributed by atoms with Crippen molar-refractivity contribution < 1.29 is 28.2 Å². The molecule has 0 aromatic carbocycles. The SMILES string of the molecule is CS(=O)(=O)C1CCC(O)(COC(N)=O)C(O)C1. The molecule has 0 bridgehead atoms. The van der Waals surface area contributed by atoms with E-state index in [9.17, 15) is 23.4 Å². The second kappa shape index (κ2) is 4.79. The van der Waals surface area contributed by atoms with E-state index in [0.29, 0.717) is 0 Å². The maximum Gasteiger partial charge on any atom is 0.404 e. The Hall–Kier alpha value is -0.860. The van der Waals surface area contributed by atoms with Gasteiger partial charge in [0.15, 0.2) is 0 Å². The molecule has 1 rings (SSSR count). The Balaban J connectivity index is 2.67. The summed E-state index contributed by atoms with van der Waals surface area (Å²) in [6.07, 6.45) is -1.02. The quantitative estimate of drug-likeness (QED) is 0.587. The van der Waals surface area contributed by atoms with Crippen molar-refractivity contribution in [2.75, 3.05) is 12.9 Å². The van der Waals surface area contributed by atoms with Crippen molar-refractivity contribution in [2.24, 2.45) is 5.73 Å². The molecule has 0 aromatic heterocycles. The van der Waals surface area contributed by atoms with E-state index < -0.39 is 39.5 Å². The molecule has 0 spiro atoms. The average molecular weight is 267 g/mol. The van der Waals surface area contributed by atoms with Gasteiger partial charge in [0.2, 0.25) is 0 Å². The number of rotatable bonds is 3. The summed E-state index contributed by atoms with van der Waals surface area (Å²) in [6, 6.07) is 0. The summed E-state index contributed by atoms with van der Waals surface area (Å²) >= 11 is 0. The lowest BCUT2D eigenvalue weighted by Crippen LogP contribution is -2.53. The topological polar surface area (TPSA) is 127 Å². The number of hydrogen-bond acceptors (Lipinski definition) is 6. The van der Waals surface area contributed by atoms with Gasteiger partial charge >= 0.3 is 6.09 Å². The number of amides is 1. The summed E-state index contributed by atoms with van der Waals surface area (Å²) in [5.74, 6) is 0. The lowest BCUT2D eigenvalue weighted by Gasteiger charge is -2.38. The van der Waals surface area contributed by atoms with Crippen molar-refractivity contribution >= 4 is 15.9 Å². The van der Waals surface area contributed by atoms with Crippen molar-refractivity contribution in [2.45, 2.75) is 36.2 Å². The van der Waals surface area contributed by atoms with E-state index in [-0.39, 0.29) is 19.3 Å². The fraction of sp³-hybridized carbons (Fsp3) is 0.889. The Morgan fingerprint density at radius 2 is 2.18 bits per heavy atom. The van der Waals surface area contributed by atoms with Crippen molar-refractivity contribution in [1.29, 1.82) is 0 Å². The van der Waals surface area contributed by atoms with Gasteiger partial charge in [0.05, 0.1) is 11.4 Å². The van der Waals surface area contributed by atoms with Crippen LogP contribution in [0, 0.1) is 0 Å². The minimum absolute atomic E-state index is 0.0409. The molecule has 0 radical (unpaired) electrons. The first-order chi connectivity index (χ1) is 7.65. The number of aliphatic hydroxyl groups is 2. The van der Waals surface area contributed by atoms with Crippen molar-refractivity contribution in [3.63, 3.8) is 0 Å². The Bertz CT molecular complexity index is 394. The van der Waals surface area contributed by atoms with E-state index >= 15 is 0 Å². The fourth-order valence-electron chi connectivity index (χ4n) is 1.92. The van der Waals surface area contributed by atoms with Crippen LogP contribution in [0.4, 0.5) is 4.79 Å². The number of primary amides is 1. The van der Waals surface area contributed by atoms with E-state index in [4.69, 9.17) is 5.73 Å². The Kier molecular flexibility index (Phi) is 4.00. The highest BCUT2D eigenvalue weighted by Crippen LogP contribution is 2.32. The second-order valence-electron chi connectivity index (χ2n) is 4.45. The lowest BCUT2D eigenvalue weighted by molar-refractivity contribution is -0.125. The van der Waals surface area contributed by atoms with E-state index in [1.807, 2.05) is 0 Å². The van der Waals surface area contributed by atoms with E-state index in [0.717, 1.165) is 6.26 Å². The zero-order valence-corrected chi connectivity index (χ0v) is 10.3. The van der Waals surface area contributed by atoms with Crippen molar-refractivity contribution in [1.82, 2.24) is 0 Å². The van der Waals surface area contributed by atoms with Gasteiger partial charge in [-0.1, -0.05) is 0 Å². The molecule has 1 amide bonds. The van der Waals surface area contributed by atoms with Crippen LogP contribution in [0.3, 0.4) is 0 Å². The molecule has 1 aliphatic rings. The number of carbonyl (C=O) groups is 1. The highest BCUT2D eigenvalue weighted by atomic mass is 32.2. The first kappa shape index (κ1) is 14.2. The second-order valence-corrected chi connectivity index (χ2v) is 6.78. The van der Waals surface area contributed by atoms with E-state index in [1.165, 1.54) is 0 Å². The molecule has 8 heteroatoms. The van der Waals surface area contributed by atoms with Gasteiger partial charge in [0.1, 0.15) is 22.0 Å². The summed E-state index contributed by atoms with van der Waals surface area (Å²) in [5.41, 5.74) is 3.15. The molecule has 3 atom stereocenters. The van der Waals surface area contributed by atoms with Gasteiger partial charge in [-0.3, -0.25) is 0 Å². The Labute approximate surface area is 99.5 Å². The Morgan fingerprint density at radius 1 is 1.59 bits per heavy atom. The molecule has 0 heterocycles. The number of ether oxygens (including phenoxy) is 1. The summed E-state index contributed by atoms with van der Waals surface area (Å²) in [4.78, 5) is 10.4. The maximum absolute atomic E-state index is 11.3. The van der Waals surface area contributed by atoms with Crippen LogP contribution in [-0.2, 0) is 14.6 Å². The van der Waals surface area contributed by atoms with Crippen LogP contribution in [0.2, 0.25) is 0 Å². The number of aliphatic hydroxyl groups excluding tert-OH is 1. The van der Waals surface area contributed by atoms with Crippen molar-refractivity contribution in [3.05, 3.63) is 0 Å². The summed E-state index contributed by atoms with van der Waals surface area (Å²) < 4.78 is 27.1. The molecular weight excluding hydrogens is 250 g/mol. The molecule has 1 fully saturated rings. The molecule has 17 heavy (non-hydrogen) atoms. The number of nitrogens with two attached hydrogens (primary N) is 1. The number of carbonyl (C=O) groups excluding carboxylic acids is 1. The number of sulfone groups is 1. The summed E-state index contributed by atoms with van der Waals surface area (Å²) in [5, 5.41) is 19.0. The monoisotopic (exact) mass is 267 g/mol. The molecule has 0 aliphatic heterocycles. The lowest BCUT2D eigenvalue weighted by atomic mass is 9.82. The molecule has 7 nitrogen and oxygen atoms in total. The van der Waals surface area contributed by atoms with Crippen LogP contribution in [-0.4, -0.2) is 54.5 Å². The predicted octanol–water partition coefficient (Wildman–Crippen LogP) is -1.23. The van der Waals surface area contributed by atoms with Crippen LogP contribution in [0.15, 0.2) is 0 Å². The first-order valence-electron chi connectivity index (χ1n) is 5.17. The van der Waals surface area contributed by atoms with E-state index in [2.05, 4.69) is 4.74 Å². The van der Waals surface area contributed by atoms with E-state index in [1.54, 1.807) is 0 Å². The van der Waals surface area contributed by atoms with Crippen LogP contribution < -0.4 is 5.73 Å². The molecule has 0 aromatic rings. The highest BCUT2D eigenvalue weighted by molar-refractivity contribution is 7.91. The van der Waals surface area contributed by atoms with Crippen LogP contribution >= 0.6 is 0 Å². The molecule has 0 saturated heterocycles. The van der Waals surface area contributed by atoms with Crippen molar-refractivity contribution in [3.8, 4) is 0 Å². The standard InChI is InChI=1S/C9H17NO6S/c1-17(14,15)6-2-3-9(13,7(11)4-6)5-16-8(10)12/h6-7,11,13H,2-5H2,1H3,(H2,10,12). The largest absolute Gasteiger partial charge is 0.447 e. The van der Waals surface area contributed by atoms with Gasteiger partial charge in [-0.2, -0.15) is 0 Å². The Morgan fingerprint density at radius 3 is 2.59 bits per heavy atom. The first-order valence-corrected chi connectivity index (χ1v) is 7.12.